The summed E-state index contributed by atoms with van der Waals surface area (Å²) >= 11 is 0. The molecule has 196 valence electrons. The summed E-state index contributed by atoms with van der Waals surface area (Å²) in [5.74, 6) is 2.97. The number of carboxylic acid groups (broad SMARTS) is 1. The van der Waals surface area contributed by atoms with E-state index in [1.54, 1.807) is 37.2 Å². The Bertz CT molecular complexity index is 1100. The molecule has 1 saturated heterocycles. The van der Waals surface area contributed by atoms with E-state index in [1.165, 1.54) is 5.01 Å². The maximum absolute atomic E-state index is 13.8. The van der Waals surface area contributed by atoms with Gasteiger partial charge < -0.3 is 25.5 Å². The van der Waals surface area contributed by atoms with Gasteiger partial charge in [0, 0.05) is 39.1 Å². The molecule has 0 atom stereocenters. The highest BCUT2D eigenvalue weighted by atomic mass is 19.3. The third-order valence-corrected chi connectivity index (χ3v) is 5.79. The van der Waals surface area contributed by atoms with Gasteiger partial charge in [-0.1, -0.05) is 0 Å². The van der Waals surface area contributed by atoms with E-state index in [0.29, 0.717) is 47.4 Å². The second kappa shape index (κ2) is 11.5. The van der Waals surface area contributed by atoms with Crippen LogP contribution in [0.4, 0.5) is 14.5 Å². The zero-order chi connectivity index (χ0) is 26.5. The largest absolute Gasteiger partial charge is 0.481 e. The molecule has 0 bridgehead atoms. The Kier molecular flexibility index (Phi) is 8.62. The lowest BCUT2D eigenvalue weighted by atomic mass is 10.1. The third kappa shape index (κ3) is 7.48. The molecule has 1 aliphatic heterocycles. The van der Waals surface area contributed by atoms with Crippen molar-refractivity contribution in [2.45, 2.75) is 51.4 Å². The van der Waals surface area contributed by atoms with Crippen molar-refractivity contribution in [1.82, 2.24) is 20.0 Å². The number of anilines is 1. The van der Waals surface area contributed by atoms with Crippen molar-refractivity contribution in [1.29, 1.82) is 0 Å². The van der Waals surface area contributed by atoms with E-state index in [9.17, 15) is 8.78 Å². The number of carbonyl (C=O) groups is 1. The molecule has 0 spiro atoms. The lowest BCUT2D eigenvalue weighted by molar-refractivity contribution is -0.134. The predicted molar refractivity (Wildman–Crippen MR) is 131 cm³/mol. The first-order chi connectivity index (χ1) is 17.0. The van der Waals surface area contributed by atoms with Crippen LogP contribution in [0.3, 0.4) is 0 Å². The number of hydrogen-bond acceptors (Lipinski definition) is 9. The summed E-state index contributed by atoms with van der Waals surface area (Å²) in [5.41, 5.74) is 10.0. The molecule has 0 aromatic carbocycles. The molecule has 2 aromatic heterocycles. The fourth-order valence-electron chi connectivity index (χ4n) is 3.89. The molecule has 1 aliphatic carbocycles. The molecule has 1 saturated carbocycles. The molecule has 2 fully saturated rings. The van der Waals surface area contributed by atoms with Crippen molar-refractivity contribution in [3.05, 3.63) is 47.2 Å². The summed E-state index contributed by atoms with van der Waals surface area (Å²) in [6, 6.07) is 5.67. The van der Waals surface area contributed by atoms with Gasteiger partial charge in [0.15, 0.2) is 0 Å². The van der Waals surface area contributed by atoms with E-state index in [1.807, 2.05) is 6.07 Å². The van der Waals surface area contributed by atoms with Gasteiger partial charge in [0.25, 0.3) is 11.9 Å². The van der Waals surface area contributed by atoms with Crippen LogP contribution in [-0.4, -0.2) is 63.7 Å². The number of pyridine rings is 1. The van der Waals surface area contributed by atoms with Crippen molar-refractivity contribution in [2.24, 2.45) is 11.6 Å². The van der Waals surface area contributed by atoms with E-state index in [0.717, 1.165) is 25.5 Å². The van der Waals surface area contributed by atoms with Crippen LogP contribution in [0.5, 0.6) is 6.01 Å². The van der Waals surface area contributed by atoms with Crippen molar-refractivity contribution in [2.75, 3.05) is 31.6 Å². The fraction of sp³-hybridized carbons (Fsp3) is 0.500. The monoisotopic (exact) mass is 505 g/mol. The number of nitrogens with zero attached hydrogens (tertiary/aromatic N) is 5. The van der Waals surface area contributed by atoms with E-state index < -0.39 is 11.9 Å². The van der Waals surface area contributed by atoms with Gasteiger partial charge in [-0.25, -0.2) is 24.6 Å². The summed E-state index contributed by atoms with van der Waals surface area (Å²) in [5, 5.41) is 8.79. The van der Waals surface area contributed by atoms with Crippen molar-refractivity contribution in [3.8, 4) is 6.01 Å². The van der Waals surface area contributed by atoms with Crippen molar-refractivity contribution >= 4 is 17.4 Å². The topological polar surface area (TPSA) is 144 Å². The molecule has 0 unspecified atom stereocenters. The minimum absolute atomic E-state index is 0.0633. The number of aryl methyl sites for hydroxylation is 1. The normalized spacial score (nSPS) is 17.4. The lowest BCUT2D eigenvalue weighted by Crippen LogP contribution is -2.43. The molecule has 36 heavy (non-hydrogen) atoms. The summed E-state index contributed by atoms with van der Waals surface area (Å²) in [6.07, 6.45) is 4.32. The number of likely N-dealkylation sites (N-methyl/N-ethyl adjacent to an activating group) is 1. The van der Waals surface area contributed by atoms with Gasteiger partial charge >= 0.3 is 6.01 Å². The summed E-state index contributed by atoms with van der Waals surface area (Å²) in [6.45, 7) is 3.21. The van der Waals surface area contributed by atoms with Gasteiger partial charge in [-0.3, -0.25) is 4.79 Å². The first-order valence-electron chi connectivity index (χ1n) is 11.7. The minimum Gasteiger partial charge on any atom is -0.481 e. The van der Waals surface area contributed by atoms with Crippen molar-refractivity contribution < 1.29 is 23.4 Å². The smallest absolute Gasteiger partial charge is 0.316 e. The molecule has 5 N–H and O–H groups in total. The number of ether oxygens (including phenoxy) is 1. The van der Waals surface area contributed by atoms with Gasteiger partial charge in [0.2, 0.25) is 0 Å². The van der Waals surface area contributed by atoms with Gasteiger partial charge in [0.05, 0.1) is 40.7 Å². The first kappa shape index (κ1) is 27.1. The van der Waals surface area contributed by atoms with Crippen LogP contribution in [0, 0.1) is 6.92 Å². The molecule has 2 aliphatic rings. The Morgan fingerprint density at radius 1 is 1.31 bits per heavy atom. The molecule has 0 radical (unpaired) electrons. The van der Waals surface area contributed by atoms with Crippen LogP contribution in [-0.2, 0) is 4.79 Å². The molecular weight excluding hydrogens is 472 g/mol. The van der Waals surface area contributed by atoms with Gasteiger partial charge in [-0.15, -0.1) is 0 Å². The Morgan fingerprint density at radius 2 is 2.00 bits per heavy atom. The summed E-state index contributed by atoms with van der Waals surface area (Å²) in [4.78, 5) is 23.9. The summed E-state index contributed by atoms with van der Waals surface area (Å²) in [7, 11) is 1.66. The maximum Gasteiger partial charge on any atom is 0.316 e. The number of nitrogens with two attached hydrogens (primary N) is 2. The number of aliphatic carboxylic acids is 1. The molecule has 0 amide bonds. The highest BCUT2D eigenvalue weighted by molar-refractivity contribution is 5.65. The van der Waals surface area contributed by atoms with E-state index in [-0.39, 0.29) is 25.6 Å². The Hall–Kier alpha value is -3.54. The van der Waals surface area contributed by atoms with Crippen LogP contribution in [0.25, 0.3) is 5.70 Å². The lowest BCUT2D eigenvalue weighted by Gasteiger charge is -2.34. The number of alkyl halides is 2. The molecule has 2 aromatic rings. The highest BCUT2D eigenvalue weighted by Crippen LogP contribution is 2.39. The second-order valence-corrected chi connectivity index (χ2v) is 9.00. The number of hydrogen-bond donors (Lipinski definition) is 3. The zero-order valence-electron chi connectivity index (χ0n) is 20.7. The number of rotatable bonds is 7. The van der Waals surface area contributed by atoms with Crippen LogP contribution in [0.15, 0.2) is 30.1 Å². The number of hydrazine groups is 1. The van der Waals surface area contributed by atoms with E-state index in [2.05, 4.69) is 15.0 Å². The first-order valence-corrected chi connectivity index (χ1v) is 11.7. The molecular formula is C24H33F2N7O3. The van der Waals surface area contributed by atoms with Gasteiger partial charge in [0.1, 0.15) is 6.61 Å². The van der Waals surface area contributed by atoms with Crippen molar-refractivity contribution in [3.63, 3.8) is 0 Å². The van der Waals surface area contributed by atoms with Crippen LogP contribution < -0.4 is 21.2 Å². The number of aromatic nitrogens is 3. The maximum atomic E-state index is 13.8. The van der Waals surface area contributed by atoms with Gasteiger partial charge in [-0.2, -0.15) is 4.98 Å². The SMILES string of the molecule is CC(=O)O.Cc1nc(/C(N)=C(\COc2nccc(C3CC3)n2)N(C)N)ccc1N1CCCC(F)(F)C1. The highest BCUT2D eigenvalue weighted by Gasteiger charge is 2.35. The number of carboxylic acids is 1. The Labute approximate surface area is 208 Å². The fourth-order valence-corrected chi connectivity index (χ4v) is 3.89. The van der Waals surface area contributed by atoms with Crippen LogP contribution in [0.1, 0.15) is 55.6 Å². The van der Waals surface area contributed by atoms with E-state index in [4.69, 9.17) is 26.2 Å². The molecule has 12 heteroatoms. The Morgan fingerprint density at radius 3 is 2.58 bits per heavy atom. The zero-order valence-corrected chi connectivity index (χ0v) is 20.7. The quantitative estimate of drug-likeness (QED) is 0.379. The Balaban J connectivity index is 0.000000840. The summed E-state index contributed by atoms with van der Waals surface area (Å²) < 4.78 is 33.4. The second-order valence-electron chi connectivity index (χ2n) is 9.00. The number of piperidine rings is 1. The molecule has 3 heterocycles. The number of halogens is 2. The third-order valence-electron chi connectivity index (χ3n) is 5.79. The standard InChI is InChI=1S/C22H29F2N7O.C2H4O2/c1-14-18(31-11-3-9-22(23,24)13-31)7-6-17(28-14)20(25)19(30(2)26)12-32-21-27-10-8-16(29-21)15-4-5-15;1-2(3)4/h6-8,10,15H,3-5,9,11-13,25-26H2,1-2H3;1H3,(H,3,4)/b20-19-;. The average Bonchev–Trinajstić information content (AvgIpc) is 3.63. The molecule has 10 nitrogen and oxygen atoms in total. The van der Waals surface area contributed by atoms with Crippen LogP contribution in [0.2, 0.25) is 0 Å². The van der Waals surface area contributed by atoms with Crippen LogP contribution >= 0.6 is 0 Å². The van der Waals surface area contributed by atoms with Gasteiger partial charge in [-0.05, 0) is 44.4 Å². The minimum atomic E-state index is -2.69. The molecule has 4 rings (SSSR count). The van der Waals surface area contributed by atoms with E-state index >= 15 is 0 Å². The average molecular weight is 506 g/mol. The predicted octanol–water partition coefficient (Wildman–Crippen LogP) is 2.90.